The number of imidazole rings is 1. The second-order valence-electron chi connectivity index (χ2n) is 3.38. The lowest BCUT2D eigenvalue weighted by Crippen LogP contribution is -2.11. The van der Waals surface area contributed by atoms with Gasteiger partial charge in [-0.05, 0) is 6.92 Å². The molecule has 6 nitrogen and oxygen atoms in total. The Morgan fingerprint density at radius 1 is 1.41 bits per heavy atom. The third-order valence-corrected chi connectivity index (χ3v) is 2.13. The molecule has 0 bridgehead atoms. The second kappa shape index (κ2) is 5.83. The van der Waals surface area contributed by atoms with E-state index in [9.17, 15) is 0 Å². The topological polar surface area (TPSA) is 64.9 Å². The molecule has 0 aliphatic carbocycles. The molecule has 0 radical (unpaired) electrons. The van der Waals surface area contributed by atoms with Gasteiger partial charge in [-0.15, -0.1) is 0 Å². The van der Waals surface area contributed by atoms with Crippen molar-refractivity contribution in [2.75, 3.05) is 18.5 Å². The van der Waals surface area contributed by atoms with Crippen LogP contribution < -0.4 is 10.1 Å². The molecule has 0 aliphatic heterocycles. The van der Waals surface area contributed by atoms with E-state index in [1.54, 1.807) is 24.8 Å². The van der Waals surface area contributed by atoms with Gasteiger partial charge in [-0.25, -0.2) is 9.97 Å². The van der Waals surface area contributed by atoms with Gasteiger partial charge in [0.25, 0.3) is 0 Å². The minimum Gasteiger partial charge on any atom is -0.478 e. The van der Waals surface area contributed by atoms with E-state index in [0.29, 0.717) is 18.4 Å². The van der Waals surface area contributed by atoms with Crippen LogP contribution in [0.15, 0.2) is 31.0 Å². The molecule has 0 spiro atoms. The molecule has 2 aromatic rings. The van der Waals surface area contributed by atoms with Crippen LogP contribution in [0.1, 0.15) is 6.92 Å². The maximum absolute atomic E-state index is 5.29. The Morgan fingerprint density at radius 2 is 2.35 bits per heavy atom. The molecule has 1 N–H and O–H groups in total. The predicted octanol–water partition coefficient (Wildman–Crippen LogP) is 1.18. The van der Waals surface area contributed by atoms with Gasteiger partial charge >= 0.3 is 0 Å². The van der Waals surface area contributed by atoms with Gasteiger partial charge in [0.15, 0.2) is 0 Å². The number of rotatable bonds is 6. The molecule has 0 saturated heterocycles. The Kier molecular flexibility index (Phi) is 3.90. The summed E-state index contributed by atoms with van der Waals surface area (Å²) in [6.45, 7) is 4.09. The summed E-state index contributed by atoms with van der Waals surface area (Å²) in [5, 5.41) is 3.13. The Hall–Kier alpha value is -2.11. The zero-order chi connectivity index (χ0) is 11.9. The van der Waals surface area contributed by atoms with Crippen molar-refractivity contribution in [1.82, 2.24) is 19.5 Å². The number of nitrogens with one attached hydrogen (secondary N) is 1. The molecule has 0 aliphatic rings. The summed E-state index contributed by atoms with van der Waals surface area (Å²) in [5.41, 5.74) is 0. The molecule has 2 rings (SSSR count). The van der Waals surface area contributed by atoms with Crippen molar-refractivity contribution in [3.63, 3.8) is 0 Å². The fourth-order valence-electron chi connectivity index (χ4n) is 1.37. The molecule has 2 aromatic heterocycles. The molecule has 0 amide bonds. The largest absolute Gasteiger partial charge is 0.478 e. The number of hydrogen-bond donors (Lipinski definition) is 1. The van der Waals surface area contributed by atoms with Gasteiger partial charge in [-0.2, -0.15) is 4.98 Å². The molecule has 0 aromatic carbocycles. The van der Waals surface area contributed by atoms with Gasteiger partial charge in [0.1, 0.15) is 0 Å². The van der Waals surface area contributed by atoms with Gasteiger partial charge in [0, 0.05) is 37.7 Å². The van der Waals surface area contributed by atoms with E-state index in [4.69, 9.17) is 4.74 Å². The van der Waals surface area contributed by atoms with Crippen LogP contribution in [-0.4, -0.2) is 32.7 Å². The quantitative estimate of drug-likeness (QED) is 0.811. The number of ether oxygens (including phenoxy) is 1. The fourth-order valence-corrected chi connectivity index (χ4v) is 1.37. The molecule has 6 heteroatoms. The summed E-state index contributed by atoms with van der Waals surface area (Å²) in [6.07, 6.45) is 7.13. The molecule has 90 valence electrons. The van der Waals surface area contributed by atoms with E-state index >= 15 is 0 Å². The number of aromatic nitrogens is 4. The van der Waals surface area contributed by atoms with E-state index in [0.717, 1.165) is 13.1 Å². The first kappa shape index (κ1) is 11.4. The molecule has 0 unspecified atom stereocenters. The molecular weight excluding hydrogens is 218 g/mol. The summed E-state index contributed by atoms with van der Waals surface area (Å²) in [7, 11) is 0. The smallest absolute Gasteiger partial charge is 0.226 e. The summed E-state index contributed by atoms with van der Waals surface area (Å²) in [4.78, 5) is 12.3. The normalized spacial score (nSPS) is 10.2. The van der Waals surface area contributed by atoms with Gasteiger partial charge in [-0.3, -0.25) is 0 Å². The van der Waals surface area contributed by atoms with E-state index in [1.807, 2.05) is 17.7 Å². The van der Waals surface area contributed by atoms with Gasteiger partial charge in [0.05, 0.1) is 12.9 Å². The number of anilines is 1. The third kappa shape index (κ3) is 3.44. The van der Waals surface area contributed by atoms with Crippen LogP contribution in [-0.2, 0) is 6.54 Å². The van der Waals surface area contributed by atoms with Crippen molar-refractivity contribution in [1.29, 1.82) is 0 Å². The number of nitrogens with zero attached hydrogens (tertiary/aromatic N) is 4. The lowest BCUT2D eigenvalue weighted by Gasteiger charge is -2.06. The van der Waals surface area contributed by atoms with Crippen LogP contribution >= 0.6 is 0 Å². The Balaban J connectivity index is 1.84. The van der Waals surface area contributed by atoms with E-state index < -0.39 is 0 Å². The minimum atomic E-state index is 0.580. The summed E-state index contributed by atoms with van der Waals surface area (Å²) >= 11 is 0. The van der Waals surface area contributed by atoms with Crippen molar-refractivity contribution >= 4 is 5.95 Å². The second-order valence-corrected chi connectivity index (χ2v) is 3.38. The SMILES string of the molecule is CCOc1ccnc(NCCn2ccnc2)n1. The average molecular weight is 233 g/mol. The first-order chi connectivity index (χ1) is 8.38. The van der Waals surface area contributed by atoms with Crippen molar-refractivity contribution in [3.8, 4) is 5.88 Å². The maximum atomic E-state index is 5.29. The molecule has 0 saturated carbocycles. The fraction of sp³-hybridized carbons (Fsp3) is 0.364. The Morgan fingerprint density at radius 3 is 3.12 bits per heavy atom. The first-order valence-corrected chi connectivity index (χ1v) is 5.54. The first-order valence-electron chi connectivity index (χ1n) is 5.54. The van der Waals surface area contributed by atoms with Crippen LogP contribution in [0.2, 0.25) is 0 Å². The summed E-state index contributed by atoms with van der Waals surface area (Å²) < 4.78 is 7.28. The third-order valence-electron chi connectivity index (χ3n) is 2.13. The standard InChI is InChI=1S/C11H15N5O/c1-2-17-10-3-4-13-11(15-10)14-6-8-16-7-5-12-9-16/h3-5,7,9H,2,6,8H2,1H3,(H,13,14,15). The molecule has 17 heavy (non-hydrogen) atoms. The van der Waals surface area contributed by atoms with Crippen molar-refractivity contribution in [3.05, 3.63) is 31.0 Å². The monoisotopic (exact) mass is 233 g/mol. The van der Waals surface area contributed by atoms with E-state index in [2.05, 4.69) is 20.3 Å². The van der Waals surface area contributed by atoms with E-state index in [1.165, 1.54) is 0 Å². The van der Waals surface area contributed by atoms with E-state index in [-0.39, 0.29) is 0 Å². The molecular formula is C11H15N5O. The molecule has 0 fully saturated rings. The highest BCUT2D eigenvalue weighted by molar-refractivity contribution is 5.27. The molecule has 2 heterocycles. The molecule has 0 atom stereocenters. The van der Waals surface area contributed by atoms with Crippen LogP contribution in [0.25, 0.3) is 0 Å². The Bertz CT molecular complexity index is 443. The van der Waals surface area contributed by atoms with Gasteiger partial charge in [-0.1, -0.05) is 0 Å². The average Bonchev–Trinajstić information content (AvgIpc) is 2.83. The predicted molar refractivity (Wildman–Crippen MR) is 63.9 cm³/mol. The van der Waals surface area contributed by atoms with Crippen LogP contribution in [0.3, 0.4) is 0 Å². The number of hydrogen-bond acceptors (Lipinski definition) is 5. The highest BCUT2D eigenvalue weighted by Gasteiger charge is 1.98. The van der Waals surface area contributed by atoms with Gasteiger partial charge in [0.2, 0.25) is 11.8 Å². The summed E-state index contributed by atoms with van der Waals surface area (Å²) in [5.74, 6) is 1.17. The lowest BCUT2D eigenvalue weighted by molar-refractivity contribution is 0.326. The highest BCUT2D eigenvalue weighted by atomic mass is 16.5. The van der Waals surface area contributed by atoms with Crippen LogP contribution in [0, 0.1) is 0 Å². The Labute approximate surface area is 99.7 Å². The van der Waals surface area contributed by atoms with Crippen LogP contribution in [0.5, 0.6) is 5.88 Å². The van der Waals surface area contributed by atoms with Gasteiger partial charge < -0.3 is 14.6 Å². The zero-order valence-corrected chi connectivity index (χ0v) is 9.71. The van der Waals surface area contributed by atoms with Crippen molar-refractivity contribution in [2.45, 2.75) is 13.5 Å². The van der Waals surface area contributed by atoms with Crippen molar-refractivity contribution < 1.29 is 4.74 Å². The lowest BCUT2D eigenvalue weighted by atomic mass is 10.6. The minimum absolute atomic E-state index is 0.580. The maximum Gasteiger partial charge on any atom is 0.226 e. The summed E-state index contributed by atoms with van der Waals surface area (Å²) in [6, 6.07) is 1.74. The van der Waals surface area contributed by atoms with Crippen molar-refractivity contribution in [2.24, 2.45) is 0 Å². The highest BCUT2D eigenvalue weighted by Crippen LogP contribution is 2.07. The van der Waals surface area contributed by atoms with Crippen LogP contribution in [0.4, 0.5) is 5.95 Å². The zero-order valence-electron chi connectivity index (χ0n) is 9.71.